The number of para-hydroxylation sites is 1. The van der Waals surface area contributed by atoms with E-state index in [9.17, 15) is 9.59 Å². The van der Waals surface area contributed by atoms with E-state index in [4.69, 9.17) is 16.3 Å². The molecule has 0 spiro atoms. The molecule has 0 atom stereocenters. The predicted octanol–water partition coefficient (Wildman–Crippen LogP) is 4.86. The summed E-state index contributed by atoms with van der Waals surface area (Å²) in [5.41, 5.74) is 4.26. The minimum absolute atomic E-state index is 0.387. The summed E-state index contributed by atoms with van der Waals surface area (Å²) in [6, 6.07) is 12.6. The van der Waals surface area contributed by atoms with Gasteiger partial charge in [0.25, 0.3) is 5.91 Å². The van der Waals surface area contributed by atoms with Gasteiger partial charge in [0.05, 0.1) is 11.1 Å². The molecule has 2 aromatic carbocycles. The second-order valence-corrected chi connectivity index (χ2v) is 6.92. The predicted molar refractivity (Wildman–Crippen MR) is 111 cm³/mol. The van der Waals surface area contributed by atoms with Gasteiger partial charge in [-0.1, -0.05) is 42.8 Å². The Balaban J connectivity index is 1.77. The number of pyridine rings is 1. The Kier molecular flexibility index (Phi) is 5.95. The van der Waals surface area contributed by atoms with Crippen LogP contribution in [0.15, 0.2) is 42.5 Å². The molecule has 0 aliphatic rings. The van der Waals surface area contributed by atoms with Crippen LogP contribution in [-0.4, -0.2) is 23.5 Å². The maximum atomic E-state index is 12.8. The van der Waals surface area contributed by atoms with Crippen LogP contribution in [0.25, 0.3) is 10.9 Å². The summed E-state index contributed by atoms with van der Waals surface area (Å²) in [5.74, 6) is -0.970. The van der Waals surface area contributed by atoms with Crippen molar-refractivity contribution in [3.05, 3.63) is 69.9 Å². The third kappa shape index (κ3) is 4.15. The largest absolute Gasteiger partial charge is 0.452 e. The van der Waals surface area contributed by atoms with E-state index in [0.717, 1.165) is 22.3 Å². The zero-order chi connectivity index (χ0) is 20.3. The van der Waals surface area contributed by atoms with Crippen LogP contribution in [0.3, 0.4) is 0 Å². The van der Waals surface area contributed by atoms with Crippen molar-refractivity contribution in [2.24, 2.45) is 0 Å². The number of fused-ring (bicyclic) bond motifs is 1. The van der Waals surface area contributed by atoms with Gasteiger partial charge in [-0.3, -0.25) is 9.78 Å². The number of hydrogen-bond acceptors (Lipinski definition) is 4. The van der Waals surface area contributed by atoms with Crippen LogP contribution in [0.1, 0.15) is 34.1 Å². The molecule has 0 saturated heterocycles. The lowest BCUT2D eigenvalue weighted by Gasteiger charge is -2.13. The fourth-order valence-corrected chi connectivity index (χ4v) is 3.22. The number of esters is 1. The second kappa shape index (κ2) is 8.40. The first-order chi connectivity index (χ1) is 13.4. The van der Waals surface area contributed by atoms with Crippen molar-refractivity contribution < 1.29 is 14.3 Å². The first kappa shape index (κ1) is 19.8. The molecule has 0 aliphatic heterocycles. The van der Waals surface area contributed by atoms with E-state index < -0.39 is 11.9 Å². The molecule has 0 unspecified atom stereocenters. The lowest BCUT2D eigenvalue weighted by Crippen LogP contribution is -2.21. The average molecular weight is 397 g/mol. The molecule has 0 bridgehead atoms. The molecule has 28 heavy (non-hydrogen) atoms. The highest BCUT2D eigenvalue weighted by Gasteiger charge is 2.19. The lowest BCUT2D eigenvalue weighted by molar-refractivity contribution is -0.119. The number of ether oxygens (including phenoxy) is 1. The Morgan fingerprint density at radius 3 is 2.61 bits per heavy atom. The number of anilines is 1. The molecule has 3 rings (SSSR count). The molecule has 144 valence electrons. The molecule has 1 aromatic heterocycles. The fraction of sp³-hybridized carbons (Fsp3) is 0.227. The Morgan fingerprint density at radius 1 is 1.14 bits per heavy atom. The normalized spacial score (nSPS) is 10.7. The maximum Gasteiger partial charge on any atom is 0.339 e. The number of carbonyl (C=O) groups excluding carboxylic acids is 2. The summed E-state index contributed by atoms with van der Waals surface area (Å²) in [6.45, 7) is 5.33. The van der Waals surface area contributed by atoms with Crippen molar-refractivity contribution in [2.45, 2.75) is 27.2 Å². The first-order valence-corrected chi connectivity index (χ1v) is 9.39. The zero-order valence-electron chi connectivity index (χ0n) is 16.0. The topological polar surface area (TPSA) is 68.3 Å². The molecule has 1 amide bonds. The van der Waals surface area contributed by atoms with E-state index >= 15 is 0 Å². The summed E-state index contributed by atoms with van der Waals surface area (Å²) in [6.07, 6.45) is 0.700. The van der Waals surface area contributed by atoms with Crippen molar-refractivity contribution in [2.75, 3.05) is 11.9 Å². The van der Waals surface area contributed by atoms with Crippen LogP contribution < -0.4 is 5.32 Å². The van der Waals surface area contributed by atoms with Gasteiger partial charge in [0.2, 0.25) is 0 Å². The van der Waals surface area contributed by atoms with Crippen molar-refractivity contribution in [3.8, 4) is 0 Å². The fourth-order valence-electron chi connectivity index (χ4n) is 3.04. The number of halogens is 1. The SMILES string of the molecule is CCc1nc2ccccc2c(C(=O)OCC(=O)Nc2ccc(C)c(Cl)c2)c1C. The highest BCUT2D eigenvalue weighted by Crippen LogP contribution is 2.24. The summed E-state index contributed by atoms with van der Waals surface area (Å²) in [5, 5.41) is 3.95. The third-order valence-electron chi connectivity index (χ3n) is 4.57. The molecule has 0 fully saturated rings. The first-order valence-electron chi connectivity index (χ1n) is 9.02. The number of hydrogen-bond donors (Lipinski definition) is 1. The Morgan fingerprint density at radius 2 is 1.89 bits per heavy atom. The Hall–Kier alpha value is -2.92. The molecule has 5 nitrogen and oxygen atoms in total. The number of nitrogens with zero attached hydrogens (tertiary/aromatic N) is 1. The third-order valence-corrected chi connectivity index (χ3v) is 4.97. The Labute approximate surface area is 168 Å². The summed E-state index contributed by atoms with van der Waals surface area (Å²) < 4.78 is 5.29. The molecule has 0 aliphatic carbocycles. The van der Waals surface area contributed by atoms with E-state index in [0.29, 0.717) is 28.1 Å². The number of aryl methyl sites for hydroxylation is 2. The number of benzene rings is 2. The summed E-state index contributed by atoms with van der Waals surface area (Å²) in [4.78, 5) is 29.5. The van der Waals surface area contributed by atoms with Crippen LogP contribution in [0, 0.1) is 13.8 Å². The highest BCUT2D eigenvalue weighted by atomic mass is 35.5. The monoisotopic (exact) mass is 396 g/mol. The standard InChI is InChI=1S/C22H21ClN2O3/c1-4-18-14(3)21(16-7-5-6-8-19(16)25-18)22(27)28-12-20(26)24-15-10-9-13(2)17(23)11-15/h5-11H,4,12H2,1-3H3,(H,24,26). The number of rotatable bonds is 5. The molecule has 3 aromatic rings. The molecule has 1 N–H and O–H groups in total. The molecule has 0 saturated carbocycles. The number of aromatic nitrogens is 1. The molecular weight excluding hydrogens is 376 g/mol. The molecule has 0 radical (unpaired) electrons. The van der Waals surface area contributed by atoms with Gasteiger partial charge in [0.1, 0.15) is 0 Å². The number of nitrogens with one attached hydrogen (secondary N) is 1. The van der Waals surface area contributed by atoms with Gasteiger partial charge < -0.3 is 10.1 Å². The quantitative estimate of drug-likeness (QED) is 0.625. The van der Waals surface area contributed by atoms with Crippen LogP contribution in [0.4, 0.5) is 5.69 Å². The van der Waals surface area contributed by atoms with Crippen molar-refractivity contribution in [1.82, 2.24) is 4.98 Å². The van der Waals surface area contributed by atoms with E-state index in [-0.39, 0.29) is 6.61 Å². The minimum atomic E-state index is -0.539. The average Bonchev–Trinajstić information content (AvgIpc) is 2.68. The van der Waals surface area contributed by atoms with E-state index in [1.54, 1.807) is 12.1 Å². The van der Waals surface area contributed by atoms with Gasteiger partial charge in [-0.05, 0) is 49.6 Å². The highest BCUT2D eigenvalue weighted by molar-refractivity contribution is 6.31. The summed E-state index contributed by atoms with van der Waals surface area (Å²) in [7, 11) is 0. The van der Waals surface area contributed by atoms with Gasteiger partial charge >= 0.3 is 5.97 Å². The number of carbonyl (C=O) groups is 2. The van der Waals surface area contributed by atoms with Gasteiger partial charge in [-0.2, -0.15) is 0 Å². The van der Waals surface area contributed by atoms with Gasteiger partial charge in [0.15, 0.2) is 6.61 Å². The van der Waals surface area contributed by atoms with Crippen LogP contribution in [-0.2, 0) is 16.0 Å². The van der Waals surface area contributed by atoms with Crippen LogP contribution >= 0.6 is 11.6 Å². The van der Waals surface area contributed by atoms with Crippen molar-refractivity contribution in [3.63, 3.8) is 0 Å². The van der Waals surface area contributed by atoms with E-state index in [1.807, 2.05) is 51.1 Å². The maximum absolute atomic E-state index is 12.8. The number of amides is 1. The van der Waals surface area contributed by atoms with Crippen molar-refractivity contribution in [1.29, 1.82) is 0 Å². The molecular formula is C22H21ClN2O3. The summed E-state index contributed by atoms with van der Waals surface area (Å²) >= 11 is 6.06. The molecule has 1 heterocycles. The van der Waals surface area contributed by atoms with Crippen LogP contribution in [0.5, 0.6) is 0 Å². The Bertz CT molecular complexity index is 1060. The van der Waals surface area contributed by atoms with Crippen LogP contribution in [0.2, 0.25) is 5.02 Å². The van der Waals surface area contributed by atoms with Gasteiger partial charge in [-0.25, -0.2) is 4.79 Å². The molecule has 6 heteroatoms. The zero-order valence-corrected chi connectivity index (χ0v) is 16.8. The van der Waals surface area contributed by atoms with Gasteiger partial charge in [-0.15, -0.1) is 0 Å². The van der Waals surface area contributed by atoms with E-state index in [1.165, 1.54) is 0 Å². The minimum Gasteiger partial charge on any atom is -0.452 e. The van der Waals surface area contributed by atoms with Gasteiger partial charge in [0, 0.05) is 21.8 Å². The smallest absolute Gasteiger partial charge is 0.339 e. The second-order valence-electron chi connectivity index (χ2n) is 6.52. The van der Waals surface area contributed by atoms with E-state index in [2.05, 4.69) is 10.3 Å². The van der Waals surface area contributed by atoms with Crippen molar-refractivity contribution >= 4 is 40.1 Å². The lowest BCUT2D eigenvalue weighted by atomic mass is 10.0.